The Balaban J connectivity index is 2.09. The van der Waals surface area contributed by atoms with E-state index in [0.717, 1.165) is 17.2 Å². The number of rotatable bonds is 3. The fourth-order valence-electron chi connectivity index (χ4n) is 1.76. The van der Waals surface area contributed by atoms with Crippen molar-refractivity contribution in [2.75, 3.05) is 25.6 Å². The molecule has 1 aromatic rings. The standard InChI is InChI=1S/C12H16N2O3/c1-8(15)13-6-9-7-17-11-5-3-4-10(16-2)12(11)14-9/h3-5,9,14H,6-7H2,1-2H3,(H,13,15). The third-order valence-corrected chi connectivity index (χ3v) is 2.59. The van der Waals surface area contributed by atoms with Gasteiger partial charge in [-0.3, -0.25) is 4.79 Å². The van der Waals surface area contributed by atoms with E-state index in [1.165, 1.54) is 6.92 Å². The number of hydrogen-bond acceptors (Lipinski definition) is 4. The number of amides is 1. The van der Waals surface area contributed by atoms with E-state index in [9.17, 15) is 4.79 Å². The smallest absolute Gasteiger partial charge is 0.216 e. The predicted molar refractivity (Wildman–Crippen MR) is 64.6 cm³/mol. The third kappa shape index (κ3) is 2.61. The molecule has 0 aromatic heterocycles. The highest BCUT2D eigenvalue weighted by molar-refractivity contribution is 5.73. The van der Waals surface area contributed by atoms with Crippen molar-refractivity contribution in [3.63, 3.8) is 0 Å². The van der Waals surface area contributed by atoms with Gasteiger partial charge < -0.3 is 20.1 Å². The first kappa shape index (κ1) is 11.6. The molecule has 0 fully saturated rings. The van der Waals surface area contributed by atoms with Gasteiger partial charge in [-0.1, -0.05) is 6.07 Å². The number of carbonyl (C=O) groups excluding carboxylic acids is 1. The lowest BCUT2D eigenvalue weighted by Crippen LogP contribution is -2.41. The molecule has 1 aliphatic heterocycles. The van der Waals surface area contributed by atoms with Gasteiger partial charge in [0, 0.05) is 13.5 Å². The van der Waals surface area contributed by atoms with Crippen LogP contribution < -0.4 is 20.1 Å². The Bertz CT molecular complexity index is 406. The second-order valence-electron chi connectivity index (χ2n) is 3.92. The number of anilines is 1. The van der Waals surface area contributed by atoms with Crippen LogP contribution in [-0.4, -0.2) is 32.2 Å². The molecule has 1 heterocycles. The number of nitrogens with one attached hydrogen (secondary N) is 2. The topological polar surface area (TPSA) is 59.6 Å². The third-order valence-electron chi connectivity index (χ3n) is 2.59. The fourth-order valence-corrected chi connectivity index (χ4v) is 1.76. The lowest BCUT2D eigenvalue weighted by atomic mass is 10.2. The zero-order valence-electron chi connectivity index (χ0n) is 9.95. The minimum Gasteiger partial charge on any atom is -0.494 e. The molecule has 1 aromatic carbocycles. The molecule has 0 saturated carbocycles. The van der Waals surface area contributed by atoms with Gasteiger partial charge in [0.1, 0.15) is 23.8 Å². The molecule has 1 aliphatic rings. The van der Waals surface area contributed by atoms with Crippen molar-refractivity contribution in [1.82, 2.24) is 5.32 Å². The Morgan fingerprint density at radius 3 is 3.18 bits per heavy atom. The number of carbonyl (C=O) groups is 1. The van der Waals surface area contributed by atoms with Crippen LogP contribution in [0.15, 0.2) is 18.2 Å². The van der Waals surface area contributed by atoms with Crippen molar-refractivity contribution >= 4 is 11.6 Å². The molecule has 2 N–H and O–H groups in total. The summed E-state index contributed by atoms with van der Waals surface area (Å²) >= 11 is 0. The van der Waals surface area contributed by atoms with Gasteiger partial charge in [-0.05, 0) is 12.1 Å². The van der Waals surface area contributed by atoms with Crippen molar-refractivity contribution in [2.45, 2.75) is 13.0 Å². The van der Waals surface area contributed by atoms with Crippen molar-refractivity contribution in [2.24, 2.45) is 0 Å². The Kier molecular flexibility index (Phi) is 3.37. The van der Waals surface area contributed by atoms with Gasteiger partial charge in [-0.2, -0.15) is 0 Å². The van der Waals surface area contributed by atoms with Crippen LogP contribution in [0.25, 0.3) is 0 Å². The Morgan fingerprint density at radius 2 is 2.47 bits per heavy atom. The highest BCUT2D eigenvalue weighted by Crippen LogP contribution is 2.37. The van der Waals surface area contributed by atoms with Crippen LogP contribution in [0.2, 0.25) is 0 Å². The van der Waals surface area contributed by atoms with Gasteiger partial charge in [0.2, 0.25) is 5.91 Å². The predicted octanol–water partition coefficient (Wildman–Crippen LogP) is 1.00. The molecule has 0 bridgehead atoms. The molecule has 0 saturated heterocycles. The van der Waals surface area contributed by atoms with E-state index in [-0.39, 0.29) is 11.9 Å². The summed E-state index contributed by atoms with van der Waals surface area (Å²) in [6.07, 6.45) is 0. The summed E-state index contributed by atoms with van der Waals surface area (Å²) in [6.45, 7) is 2.56. The normalized spacial score (nSPS) is 17.4. The number of para-hydroxylation sites is 1. The number of fused-ring (bicyclic) bond motifs is 1. The molecular weight excluding hydrogens is 220 g/mol. The molecule has 0 aliphatic carbocycles. The van der Waals surface area contributed by atoms with Gasteiger partial charge in [0.05, 0.1) is 13.2 Å². The van der Waals surface area contributed by atoms with Crippen LogP contribution in [-0.2, 0) is 4.79 Å². The summed E-state index contributed by atoms with van der Waals surface area (Å²) in [5.41, 5.74) is 0.844. The number of benzene rings is 1. The number of hydrogen-bond donors (Lipinski definition) is 2. The molecular formula is C12H16N2O3. The first-order valence-corrected chi connectivity index (χ1v) is 5.51. The number of methoxy groups -OCH3 is 1. The second-order valence-corrected chi connectivity index (χ2v) is 3.92. The van der Waals surface area contributed by atoms with Crippen molar-refractivity contribution in [3.8, 4) is 11.5 Å². The molecule has 1 atom stereocenters. The summed E-state index contributed by atoms with van der Waals surface area (Å²) in [5.74, 6) is 1.48. The molecule has 2 rings (SSSR count). The van der Waals surface area contributed by atoms with Gasteiger partial charge in [0.15, 0.2) is 0 Å². The Hall–Kier alpha value is -1.91. The van der Waals surface area contributed by atoms with Gasteiger partial charge in [-0.25, -0.2) is 0 Å². The van der Waals surface area contributed by atoms with E-state index >= 15 is 0 Å². The molecule has 1 amide bonds. The zero-order chi connectivity index (χ0) is 12.3. The maximum absolute atomic E-state index is 10.9. The van der Waals surface area contributed by atoms with E-state index < -0.39 is 0 Å². The molecule has 0 spiro atoms. The first-order valence-electron chi connectivity index (χ1n) is 5.51. The van der Waals surface area contributed by atoms with Crippen molar-refractivity contribution < 1.29 is 14.3 Å². The van der Waals surface area contributed by atoms with E-state index in [1.807, 2.05) is 18.2 Å². The van der Waals surface area contributed by atoms with Crippen LogP contribution in [0.1, 0.15) is 6.92 Å². The monoisotopic (exact) mass is 236 g/mol. The van der Waals surface area contributed by atoms with E-state index in [2.05, 4.69) is 10.6 Å². The van der Waals surface area contributed by atoms with Gasteiger partial charge in [0.25, 0.3) is 0 Å². The summed E-state index contributed by atoms with van der Waals surface area (Å²) < 4.78 is 10.9. The lowest BCUT2D eigenvalue weighted by Gasteiger charge is -2.28. The van der Waals surface area contributed by atoms with Crippen LogP contribution in [0.4, 0.5) is 5.69 Å². The average molecular weight is 236 g/mol. The summed E-state index contributed by atoms with van der Waals surface area (Å²) in [6, 6.07) is 5.70. The first-order chi connectivity index (χ1) is 8.20. The van der Waals surface area contributed by atoms with Crippen LogP contribution in [0.5, 0.6) is 11.5 Å². The molecule has 1 unspecified atom stereocenters. The largest absolute Gasteiger partial charge is 0.494 e. The molecule has 92 valence electrons. The Morgan fingerprint density at radius 1 is 1.65 bits per heavy atom. The SMILES string of the molecule is COc1cccc2c1NC(CNC(C)=O)CO2. The van der Waals surface area contributed by atoms with Gasteiger partial charge in [-0.15, -0.1) is 0 Å². The highest BCUT2D eigenvalue weighted by atomic mass is 16.5. The Labute approximate surface area is 100 Å². The highest BCUT2D eigenvalue weighted by Gasteiger charge is 2.21. The summed E-state index contributed by atoms with van der Waals surface area (Å²) in [4.78, 5) is 10.9. The molecule has 5 nitrogen and oxygen atoms in total. The number of ether oxygens (including phenoxy) is 2. The average Bonchev–Trinajstić information content (AvgIpc) is 2.35. The maximum Gasteiger partial charge on any atom is 0.216 e. The van der Waals surface area contributed by atoms with Crippen molar-refractivity contribution in [1.29, 1.82) is 0 Å². The fraction of sp³-hybridized carbons (Fsp3) is 0.417. The summed E-state index contributed by atoms with van der Waals surface area (Å²) in [5, 5.41) is 6.07. The van der Waals surface area contributed by atoms with E-state index in [0.29, 0.717) is 13.2 Å². The second kappa shape index (κ2) is 4.95. The maximum atomic E-state index is 10.9. The quantitative estimate of drug-likeness (QED) is 0.822. The molecule has 0 radical (unpaired) electrons. The molecule has 17 heavy (non-hydrogen) atoms. The van der Waals surface area contributed by atoms with Crippen LogP contribution in [0, 0.1) is 0 Å². The zero-order valence-corrected chi connectivity index (χ0v) is 9.95. The van der Waals surface area contributed by atoms with Crippen LogP contribution >= 0.6 is 0 Å². The minimum atomic E-state index is -0.0439. The lowest BCUT2D eigenvalue weighted by molar-refractivity contribution is -0.119. The summed E-state index contributed by atoms with van der Waals surface area (Å²) in [7, 11) is 1.62. The van der Waals surface area contributed by atoms with E-state index in [1.54, 1.807) is 7.11 Å². The van der Waals surface area contributed by atoms with E-state index in [4.69, 9.17) is 9.47 Å². The van der Waals surface area contributed by atoms with Crippen LogP contribution in [0.3, 0.4) is 0 Å². The van der Waals surface area contributed by atoms with Gasteiger partial charge >= 0.3 is 0 Å². The minimum absolute atomic E-state index is 0.0439. The van der Waals surface area contributed by atoms with Crippen molar-refractivity contribution in [3.05, 3.63) is 18.2 Å². The molecule has 5 heteroatoms.